The third-order valence-corrected chi connectivity index (χ3v) is 5.97. The third kappa shape index (κ3) is 3.34. The molecule has 0 unspecified atom stereocenters. The van der Waals surface area contributed by atoms with Gasteiger partial charge in [0.25, 0.3) is 5.91 Å². The van der Waals surface area contributed by atoms with Crippen LogP contribution in [0.2, 0.25) is 0 Å². The summed E-state index contributed by atoms with van der Waals surface area (Å²) in [7, 11) is 1.82. The Morgan fingerprint density at radius 3 is 2.55 bits per heavy atom. The highest BCUT2D eigenvalue weighted by Crippen LogP contribution is 2.48. The molecule has 2 aliphatic heterocycles. The maximum Gasteiger partial charge on any atom is 0.251 e. The van der Waals surface area contributed by atoms with Crippen molar-refractivity contribution in [2.45, 2.75) is 32.1 Å². The van der Waals surface area contributed by atoms with Gasteiger partial charge in [0.2, 0.25) is 11.9 Å². The van der Waals surface area contributed by atoms with Crippen molar-refractivity contribution in [3.63, 3.8) is 0 Å². The van der Waals surface area contributed by atoms with Crippen molar-refractivity contribution in [2.75, 3.05) is 36.5 Å². The number of hydrogen-bond donors (Lipinski definition) is 1. The van der Waals surface area contributed by atoms with Gasteiger partial charge in [-0.05, 0) is 48.6 Å². The number of anilines is 2. The van der Waals surface area contributed by atoms with Crippen LogP contribution in [0.15, 0.2) is 36.7 Å². The highest BCUT2D eigenvalue weighted by Gasteiger charge is 2.51. The Balaban J connectivity index is 1.61. The Kier molecular flexibility index (Phi) is 4.98. The van der Waals surface area contributed by atoms with Crippen LogP contribution >= 0.6 is 0 Å². The molecule has 1 fully saturated rings. The van der Waals surface area contributed by atoms with Gasteiger partial charge >= 0.3 is 0 Å². The van der Waals surface area contributed by atoms with E-state index in [1.165, 1.54) is 0 Å². The highest BCUT2D eigenvalue weighted by molar-refractivity contribution is 6.09. The first-order valence-electron chi connectivity index (χ1n) is 10.2. The minimum atomic E-state index is -0.580. The smallest absolute Gasteiger partial charge is 0.251 e. The summed E-state index contributed by atoms with van der Waals surface area (Å²) in [6.45, 7) is 6.16. The van der Waals surface area contributed by atoms with Crippen LogP contribution in [-0.2, 0) is 10.2 Å². The number of nitrogens with one attached hydrogen (secondary N) is 1. The molecule has 1 aromatic carbocycles. The Bertz CT molecular complexity index is 920. The Morgan fingerprint density at radius 1 is 1.21 bits per heavy atom. The lowest BCUT2D eigenvalue weighted by molar-refractivity contribution is -0.123. The topological polar surface area (TPSA) is 78.4 Å². The van der Waals surface area contributed by atoms with Crippen LogP contribution < -0.4 is 15.1 Å². The second kappa shape index (κ2) is 7.46. The van der Waals surface area contributed by atoms with Gasteiger partial charge in [-0.1, -0.05) is 13.8 Å². The van der Waals surface area contributed by atoms with Crippen LogP contribution in [0.3, 0.4) is 0 Å². The molecule has 0 atom stereocenters. The number of piperidine rings is 1. The van der Waals surface area contributed by atoms with Crippen LogP contribution in [0.5, 0.6) is 0 Å². The minimum Gasteiger partial charge on any atom is -0.352 e. The second-order valence-electron chi connectivity index (χ2n) is 8.32. The summed E-state index contributed by atoms with van der Waals surface area (Å²) in [4.78, 5) is 38.4. The number of carbonyl (C=O) groups excluding carboxylic acids is 2. The Labute approximate surface area is 171 Å². The molecule has 4 rings (SSSR count). The largest absolute Gasteiger partial charge is 0.352 e. The number of nitrogens with zero attached hydrogens (tertiary/aromatic N) is 4. The molecule has 0 radical (unpaired) electrons. The van der Waals surface area contributed by atoms with Gasteiger partial charge in [-0.2, -0.15) is 0 Å². The Morgan fingerprint density at radius 2 is 1.90 bits per heavy atom. The van der Waals surface area contributed by atoms with Crippen LogP contribution in [0.4, 0.5) is 11.6 Å². The van der Waals surface area contributed by atoms with E-state index in [1.54, 1.807) is 23.4 Å². The SMILES string of the molecule is CC(C)CNC(=O)c1ccc2c(c1)C1(CCN(c3ncccn3)CC1)C(=O)N2C. The summed E-state index contributed by atoms with van der Waals surface area (Å²) in [6, 6.07) is 7.43. The van der Waals surface area contributed by atoms with Crippen molar-refractivity contribution in [2.24, 2.45) is 5.92 Å². The minimum absolute atomic E-state index is 0.0891. The van der Waals surface area contributed by atoms with Crippen LogP contribution in [0, 0.1) is 5.92 Å². The van der Waals surface area contributed by atoms with E-state index in [4.69, 9.17) is 0 Å². The van der Waals surface area contributed by atoms with E-state index < -0.39 is 5.41 Å². The number of amides is 2. The van der Waals surface area contributed by atoms with E-state index in [0.717, 1.165) is 11.3 Å². The lowest BCUT2D eigenvalue weighted by Gasteiger charge is -2.38. The molecule has 1 aromatic heterocycles. The molecule has 2 amide bonds. The standard InChI is InChI=1S/C22H27N5O2/c1-15(2)14-25-19(28)16-5-6-18-17(13-16)22(20(29)26(18)3)7-11-27(12-8-22)21-23-9-4-10-24-21/h4-6,9-10,13,15H,7-8,11-12,14H2,1-3H3,(H,25,28). The fourth-order valence-electron chi connectivity index (χ4n) is 4.32. The normalized spacial score (nSPS) is 17.7. The maximum absolute atomic E-state index is 13.3. The van der Waals surface area contributed by atoms with Gasteiger partial charge in [0.15, 0.2) is 0 Å². The summed E-state index contributed by atoms with van der Waals surface area (Å²) in [6.07, 6.45) is 4.83. The van der Waals surface area contributed by atoms with Crippen molar-refractivity contribution >= 4 is 23.5 Å². The van der Waals surface area contributed by atoms with Gasteiger partial charge in [-0.15, -0.1) is 0 Å². The van der Waals surface area contributed by atoms with E-state index in [-0.39, 0.29) is 11.8 Å². The average molecular weight is 393 g/mol. The summed E-state index contributed by atoms with van der Waals surface area (Å²) in [5.74, 6) is 1.11. The zero-order valence-electron chi connectivity index (χ0n) is 17.2. The fourth-order valence-corrected chi connectivity index (χ4v) is 4.32. The quantitative estimate of drug-likeness (QED) is 0.863. The van der Waals surface area contributed by atoms with Crippen molar-refractivity contribution in [3.8, 4) is 0 Å². The molecular weight excluding hydrogens is 366 g/mol. The van der Waals surface area contributed by atoms with Crippen molar-refractivity contribution in [1.82, 2.24) is 15.3 Å². The first-order chi connectivity index (χ1) is 13.9. The number of aromatic nitrogens is 2. The lowest BCUT2D eigenvalue weighted by atomic mass is 9.73. The van der Waals surface area contributed by atoms with Crippen molar-refractivity contribution < 1.29 is 9.59 Å². The molecule has 29 heavy (non-hydrogen) atoms. The van der Waals surface area contributed by atoms with E-state index in [2.05, 4.69) is 34.0 Å². The predicted octanol–water partition coefficient (Wildman–Crippen LogP) is 2.38. The molecule has 7 heteroatoms. The van der Waals surface area contributed by atoms with E-state index in [1.807, 2.05) is 25.2 Å². The summed E-state index contributed by atoms with van der Waals surface area (Å²) >= 11 is 0. The molecule has 2 aromatic rings. The monoisotopic (exact) mass is 393 g/mol. The molecule has 152 valence electrons. The fraction of sp³-hybridized carbons (Fsp3) is 0.455. The molecule has 1 saturated heterocycles. The maximum atomic E-state index is 13.3. The molecule has 3 heterocycles. The number of likely N-dealkylation sites (N-methyl/N-ethyl adjacent to an activating group) is 1. The van der Waals surface area contributed by atoms with Crippen molar-refractivity contribution in [1.29, 1.82) is 0 Å². The zero-order chi connectivity index (χ0) is 20.6. The van der Waals surface area contributed by atoms with Gasteiger partial charge in [0, 0.05) is 50.3 Å². The van der Waals surface area contributed by atoms with Gasteiger partial charge in [-0.3, -0.25) is 9.59 Å². The third-order valence-electron chi connectivity index (χ3n) is 5.97. The van der Waals surface area contributed by atoms with Gasteiger partial charge in [-0.25, -0.2) is 9.97 Å². The molecule has 2 aliphatic rings. The zero-order valence-corrected chi connectivity index (χ0v) is 17.2. The lowest BCUT2D eigenvalue weighted by Crippen LogP contribution is -2.48. The average Bonchev–Trinajstić information content (AvgIpc) is 2.95. The van der Waals surface area contributed by atoms with Gasteiger partial charge in [0.1, 0.15) is 0 Å². The number of carbonyl (C=O) groups is 2. The second-order valence-corrected chi connectivity index (χ2v) is 8.32. The predicted molar refractivity (Wildman–Crippen MR) is 112 cm³/mol. The van der Waals surface area contributed by atoms with Crippen LogP contribution in [-0.4, -0.2) is 48.5 Å². The summed E-state index contributed by atoms with van der Waals surface area (Å²) in [5, 5.41) is 2.97. The molecule has 1 spiro atoms. The van der Waals surface area contributed by atoms with E-state index in [9.17, 15) is 9.59 Å². The molecule has 1 N–H and O–H groups in total. The number of fused-ring (bicyclic) bond motifs is 2. The Hall–Kier alpha value is -2.96. The number of hydrogen-bond acceptors (Lipinski definition) is 5. The molecule has 0 saturated carbocycles. The van der Waals surface area contributed by atoms with Crippen molar-refractivity contribution in [3.05, 3.63) is 47.8 Å². The molecule has 0 bridgehead atoms. The summed E-state index contributed by atoms with van der Waals surface area (Å²) < 4.78 is 0. The molecule has 0 aliphatic carbocycles. The first-order valence-corrected chi connectivity index (χ1v) is 10.2. The number of benzene rings is 1. The summed E-state index contributed by atoms with van der Waals surface area (Å²) in [5.41, 5.74) is 1.90. The number of rotatable bonds is 4. The molecular formula is C22H27N5O2. The van der Waals surface area contributed by atoms with Crippen LogP contribution in [0.1, 0.15) is 42.6 Å². The highest BCUT2D eigenvalue weighted by atomic mass is 16.2. The van der Waals surface area contributed by atoms with E-state index in [0.29, 0.717) is 49.9 Å². The van der Waals surface area contributed by atoms with Gasteiger partial charge < -0.3 is 15.1 Å². The molecule has 7 nitrogen and oxygen atoms in total. The first kappa shape index (κ1) is 19.4. The van der Waals surface area contributed by atoms with E-state index >= 15 is 0 Å². The van der Waals surface area contributed by atoms with Gasteiger partial charge in [0.05, 0.1) is 5.41 Å². The van der Waals surface area contributed by atoms with Crippen LogP contribution in [0.25, 0.3) is 0 Å².